The molecule has 2 atom stereocenters. The van der Waals surface area contributed by atoms with Crippen molar-refractivity contribution in [3.63, 3.8) is 0 Å². The molecule has 0 saturated carbocycles. The van der Waals surface area contributed by atoms with Crippen LogP contribution in [-0.2, 0) is 10.3 Å². The predicted octanol–water partition coefficient (Wildman–Crippen LogP) is 3.48. The van der Waals surface area contributed by atoms with Crippen LogP contribution < -0.4 is 10.5 Å². The molecule has 0 aliphatic carbocycles. The van der Waals surface area contributed by atoms with E-state index < -0.39 is 11.5 Å². The zero-order chi connectivity index (χ0) is 22.2. The molecule has 7 nitrogen and oxygen atoms in total. The van der Waals surface area contributed by atoms with E-state index in [2.05, 4.69) is 11.1 Å². The minimum atomic E-state index is -0.926. The minimum absolute atomic E-state index is 0.137. The van der Waals surface area contributed by atoms with Crippen LogP contribution in [0.2, 0.25) is 0 Å². The molecule has 0 unspecified atom stereocenters. The molecular formula is C23H21N5O2S. The van der Waals surface area contributed by atoms with E-state index in [1.54, 1.807) is 32.5 Å². The number of aromatic nitrogens is 1. The Bertz CT molecular complexity index is 1210. The molecule has 1 aliphatic heterocycles. The Kier molecular flexibility index (Phi) is 5.21. The lowest BCUT2D eigenvalue weighted by atomic mass is 9.78. The van der Waals surface area contributed by atoms with E-state index in [1.807, 2.05) is 43.3 Å². The third kappa shape index (κ3) is 3.53. The van der Waals surface area contributed by atoms with Crippen LogP contribution in [0, 0.1) is 11.3 Å². The molecule has 1 amide bonds. The van der Waals surface area contributed by atoms with Crippen molar-refractivity contribution < 1.29 is 9.53 Å². The van der Waals surface area contributed by atoms with Gasteiger partial charge in [0.25, 0.3) is 0 Å². The Hall–Kier alpha value is -3.70. The molecule has 0 fully saturated rings. The maximum Gasteiger partial charge on any atom is 0.239 e. The minimum Gasteiger partial charge on any atom is -0.497 e. The monoisotopic (exact) mass is 431 g/mol. The average Bonchev–Trinajstić information content (AvgIpc) is 3.29. The highest BCUT2D eigenvalue weighted by molar-refractivity contribution is 7.15. The maximum absolute atomic E-state index is 13.3. The van der Waals surface area contributed by atoms with Crippen LogP contribution in [-0.4, -0.2) is 35.9 Å². The van der Waals surface area contributed by atoms with Crippen LogP contribution in [0.25, 0.3) is 10.6 Å². The van der Waals surface area contributed by atoms with Gasteiger partial charge in [-0.2, -0.15) is 5.26 Å². The van der Waals surface area contributed by atoms with Crippen molar-refractivity contribution in [2.24, 2.45) is 10.7 Å². The summed E-state index contributed by atoms with van der Waals surface area (Å²) in [6, 6.07) is 16.8. The van der Waals surface area contributed by atoms with E-state index in [1.165, 1.54) is 16.2 Å². The van der Waals surface area contributed by atoms with Gasteiger partial charge in [0.1, 0.15) is 16.3 Å². The molecule has 0 spiro atoms. The molecule has 3 aromatic rings. The van der Waals surface area contributed by atoms with Gasteiger partial charge in [0, 0.05) is 18.8 Å². The molecular weight excluding hydrogens is 410 g/mol. The predicted molar refractivity (Wildman–Crippen MR) is 120 cm³/mol. The van der Waals surface area contributed by atoms with Gasteiger partial charge >= 0.3 is 0 Å². The van der Waals surface area contributed by atoms with Crippen molar-refractivity contribution in [1.29, 1.82) is 5.26 Å². The second-order valence-corrected chi connectivity index (χ2v) is 8.47. The summed E-state index contributed by atoms with van der Waals surface area (Å²) in [5, 5.41) is 9.94. The number of hydrogen-bond donors (Lipinski definition) is 1. The van der Waals surface area contributed by atoms with E-state index in [4.69, 9.17) is 15.5 Å². The number of carbonyl (C=O) groups is 1. The summed E-state index contributed by atoms with van der Waals surface area (Å²) in [4.78, 5) is 24.8. The fourth-order valence-corrected chi connectivity index (χ4v) is 4.78. The molecule has 0 saturated heterocycles. The summed E-state index contributed by atoms with van der Waals surface area (Å²) in [5.41, 5.74) is 7.41. The normalized spacial score (nSPS) is 20.8. The summed E-state index contributed by atoms with van der Waals surface area (Å²) in [6.45, 7) is 1.91. The Morgan fingerprint density at radius 3 is 2.68 bits per heavy atom. The number of aliphatic imine (C=N–C) groups is 1. The first kappa shape index (κ1) is 20.6. The highest BCUT2D eigenvalue weighted by atomic mass is 32.1. The molecule has 0 radical (unpaired) electrons. The zero-order valence-electron chi connectivity index (χ0n) is 17.4. The number of guanidine groups is 1. The van der Waals surface area contributed by atoms with Crippen LogP contribution in [0.15, 0.2) is 59.7 Å². The lowest BCUT2D eigenvalue weighted by Crippen LogP contribution is -2.52. The van der Waals surface area contributed by atoms with Crippen LogP contribution >= 0.6 is 11.3 Å². The number of likely N-dealkylation sites (N-methyl/N-ethyl adjacent to an activating group) is 1. The lowest BCUT2D eigenvalue weighted by molar-refractivity contribution is -0.130. The number of carbonyl (C=O) groups excluding carboxylic acids is 1. The van der Waals surface area contributed by atoms with Crippen molar-refractivity contribution in [2.75, 3.05) is 14.2 Å². The fourth-order valence-electron chi connectivity index (χ4n) is 3.75. The van der Waals surface area contributed by atoms with Crippen molar-refractivity contribution in [3.8, 4) is 22.4 Å². The number of benzene rings is 2. The number of methoxy groups -OCH3 is 1. The highest BCUT2D eigenvalue weighted by Gasteiger charge is 2.48. The first-order valence-corrected chi connectivity index (χ1v) is 10.4. The van der Waals surface area contributed by atoms with Crippen LogP contribution in [0.4, 0.5) is 0 Å². The molecule has 2 aromatic carbocycles. The second kappa shape index (κ2) is 7.85. The van der Waals surface area contributed by atoms with Crippen LogP contribution in [0.5, 0.6) is 5.75 Å². The molecule has 8 heteroatoms. The van der Waals surface area contributed by atoms with Gasteiger partial charge in [-0.25, -0.2) is 9.98 Å². The van der Waals surface area contributed by atoms with Gasteiger partial charge < -0.3 is 10.5 Å². The summed E-state index contributed by atoms with van der Waals surface area (Å²) >= 11 is 1.44. The summed E-state index contributed by atoms with van der Waals surface area (Å²) in [6.07, 6.45) is 1.74. The van der Waals surface area contributed by atoms with Gasteiger partial charge in [-0.05, 0) is 36.8 Å². The highest BCUT2D eigenvalue weighted by Crippen LogP contribution is 2.46. The lowest BCUT2D eigenvalue weighted by Gasteiger charge is -2.39. The zero-order valence-corrected chi connectivity index (χ0v) is 18.2. The molecule has 2 heterocycles. The first-order valence-electron chi connectivity index (χ1n) is 9.61. The number of nitrogens with zero attached hydrogens (tertiary/aromatic N) is 4. The molecule has 1 aliphatic rings. The standard InChI is InChI=1S/C23H21N5O2S/c1-23(18-13-26-20(31-18)16-6-4-5-14(11-16)12-24)19(21(29)28(2)22(25)27-23)15-7-9-17(30-3)10-8-15/h4-11,13,19H,1-3H3,(H2,25,27)/t19-,23+/m0/s1. The smallest absolute Gasteiger partial charge is 0.239 e. The van der Waals surface area contributed by atoms with E-state index in [0.717, 1.165) is 21.0 Å². The van der Waals surface area contributed by atoms with Gasteiger partial charge in [-0.15, -0.1) is 11.3 Å². The number of thiazole rings is 1. The number of amides is 1. The van der Waals surface area contributed by atoms with E-state index >= 15 is 0 Å². The fraction of sp³-hybridized carbons (Fsp3) is 0.217. The number of hydrogen-bond acceptors (Lipinski definition) is 7. The Morgan fingerprint density at radius 2 is 2.00 bits per heavy atom. The molecule has 156 valence electrons. The van der Waals surface area contributed by atoms with Crippen LogP contribution in [0.3, 0.4) is 0 Å². The van der Waals surface area contributed by atoms with E-state index in [-0.39, 0.29) is 11.9 Å². The second-order valence-electron chi connectivity index (χ2n) is 7.44. The van der Waals surface area contributed by atoms with Crippen molar-refractivity contribution >= 4 is 23.2 Å². The van der Waals surface area contributed by atoms with Gasteiger partial charge in [0.15, 0.2) is 5.96 Å². The Balaban J connectivity index is 1.82. The SMILES string of the molecule is COc1ccc([C@H]2C(=O)N(C)C(N)=N[C@]2(C)c2cnc(-c3cccc(C#N)c3)s2)cc1. The molecule has 4 rings (SSSR count). The molecule has 31 heavy (non-hydrogen) atoms. The number of ether oxygens (including phenoxy) is 1. The molecule has 2 N–H and O–H groups in total. The van der Waals surface area contributed by atoms with Gasteiger partial charge in [0.2, 0.25) is 5.91 Å². The van der Waals surface area contributed by atoms with Crippen molar-refractivity contribution in [3.05, 3.63) is 70.7 Å². The third-order valence-corrected chi connectivity index (χ3v) is 6.80. The number of rotatable bonds is 4. The first-order chi connectivity index (χ1) is 14.9. The van der Waals surface area contributed by atoms with Crippen LogP contribution in [0.1, 0.15) is 28.8 Å². The largest absolute Gasteiger partial charge is 0.497 e. The number of nitriles is 1. The summed E-state index contributed by atoms with van der Waals surface area (Å²) < 4.78 is 5.26. The Labute approximate surface area is 184 Å². The van der Waals surface area contributed by atoms with E-state index in [9.17, 15) is 10.1 Å². The quantitative estimate of drug-likeness (QED) is 0.681. The van der Waals surface area contributed by atoms with Crippen molar-refractivity contribution in [1.82, 2.24) is 9.88 Å². The third-order valence-electron chi connectivity index (χ3n) is 5.52. The summed E-state index contributed by atoms with van der Waals surface area (Å²) in [7, 11) is 3.23. The van der Waals surface area contributed by atoms with Gasteiger partial charge in [-0.3, -0.25) is 9.69 Å². The van der Waals surface area contributed by atoms with Gasteiger partial charge in [0.05, 0.1) is 29.5 Å². The Morgan fingerprint density at radius 1 is 1.26 bits per heavy atom. The molecule has 1 aromatic heterocycles. The van der Waals surface area contributed by atoms with Gasteiger partial charge in [-0.1, -0.05) is 24.3 Å². The van der Waals surface area contributed by atoms with E-state index in [0.29, 0.717) is 11.3 Å². The average molecular weight is 432 g/mol. The van der Waals surface area contributed by atoms with Crippen molar-refractivity contribution in [2.45, 2.75) is 18.4 Å². The topological polar surface area (TPSA) is 105 Å². The summed E-state index contributed by atoms with van der Waals surface area (Å²) in [5.74, 6) is 0.164. The maximum atomic E-state index is 13.3. The number of nitrogens with two attached hydrogens (primary N) is 1. The molecule has 0 bridgehead atoms.